The first kappa shape index (κ1) is 17.0. The summed E-state index contributed by atoms with van der Waals surface area (Å²) in [5.41, 5.74) is 1.10. The Kier molecular flexibility index (Phi) is 5.20. The van der Waals surface area contributed by atoms with Crippen molar-refractivity contribution in [1.29, 1.82) is 0 Å². The fourth-order valence-electron chi connectivity index (χ4n) is 2.11. The van der Waals surface area contributed by atoms with Gasteiger partial charge < -0.3 is 5.32 Å². The first-order valence-corrected chi connectivity index (χ1v) is 8.93. The Labute approximate surface area is 156 Å². The molecule has 0 aromatic heterocycles. The van der Waals surface area contributed by atoms with E-state index in [-0.39, 0.29) is 22.4 Å². The molecule has 0 unspecified atom stereocenters. The maximum Gasteiger partial charge on any atom is 0.295 e. The lowest BCUT2D eigenvalue weighted by atomic mass is 10.2. The summed E-state index contributed by atoms with van der Waals surface area (Å²) in [4.78, 5) is 25.7. The third-order valence-corrected chi connectivity index (χ3v) is 4.98. The van der Waals surface area contributed by atoms with Crippen LogP contribution in [0.25, 0.3) is 6.08 Å². The second kappa shape index (κ2) is 7.35. The average molecular weight is 454 g/mol. The van der Waals surface area contributed by atoms with E-state index in [9.17, 15) is 14.0 Å². The first-order chi connectivity index (χ1) is 11.5. The molecule has 1 fully saturated rings. The van der Waals surface area contributed by atoms with Crippen molar-refractivity contribution >= 4 is 57.3 Å². The van der Waals surface area contributed by atoms with Crippen LogP contribution in [0.15, 0.2) is 53.4 Å². The van der Waals surface area contributed by atoms with Crippen molar-refractivity contribution in [3.05, 3.63) is 68.4 Å². The van der Waals surface area contributed by atoms with Gasteiger partial charge >= 0.3 is 0 Å². The van der Waals surface area contributed by atoms with Gasteiger partial charge in [0.25, 0.3) is 11.1 Å². The highest BCUT2D eigenvalue weighted by atomic mass is 127. The molecule has 1 aliphatic rings. The first-order valence-electron chi connectivity index (χ1n) is 7.04. The number of carbonyl (C=O) groups excluding carboxylic acids is 2. The lowest BCUT2D eigenvalue weighted by Crippen LogP contribution is -2.33. The number of amides is 2. The molecule has 24 heavy (non-hydrogen) atoms. The Morgan fingerprint density at radius 1 is 1.12 bits per heavy atom. The van der Waals surface area contributed by atoms with Gasteiger partial charge in [-0.3, -0.25) is 14.5 Å². The molecular weight excluding hydrogens is 442 g/mol. The van der Waals surface area contributed by atoms with Crippen LogP contribution in [0, 0.1) is 9.39 Å². The number of nitrogens with one attached hydrogen (secondary N) is 1. The molecule has 0 bridgehead atoms. The number of benzene rings is 2. The smallest absolute Gasteiger partial charge is 0.295 e. The van der Waals surface area contributed by atoms with E-state index in [1.807, 2.05) is 24.3 Å². The molecule has 2 aromatic rings. The van der Waals surface area contributed by atoms with E-state index in [0.717, 1.165) is 25.9 Å². The van der Waals surface area contributed by atoms with Crippen molar-refractivity contribution < 1.29 is 14.0 Å². The largest absolute Gasteiger partial charge is 0.367 e. The molecule has 1 heterocycles. The molecule has 0 radical (unpaired) electrons. The van der Waals surface area contributed by atoms with Crippen LogP contribution in [0.5, 0.6) is 0 Å². The summed E-state index contributed by atoms with van der Waals surface area (Å²) < 4.78 is 14.8. The van der Waals surface area contributed by atoms with Crippen LogP contribution in [0.1, 0.15) is 5.56 Å². The average Bonchev–Trinajstić information content (AvgIpc) is 2.83. The number of carbonyl (C=O) groups is 2. The SMILES string of the molecule is O=C1S/C(=C\c2ccccc2F)C(=O)N1CNc1ccc(I)cc1. The molecule has 1 aliphatic heterocycles. The van der Waals surface area contributed by atoms with E-state index in [1.165, 1.54) is 12.1 Å². The zero-order valence-electron chi connectivity index (χ0n) is 12.3. The van der Waals surface area contributed by atoms with Gasteiger partial charge in [0.1, 0.15) is 5.82 Å². The standard InChI is InChI=1S/C17H12FIN2O2S/c18-14-4-2-1-3-11(14)9-15-16(22)21(17(23)24-15)10-20-13-7-5-12(19)6-8-13/h1-9,20H,10H2/b15-9-. The molecule has 4 nitrogen and oxygen atoms in total. The van der Waals surface area contributed by atoms with Crippen LogP contribution in [-0.2, 0) is 4.79 Å². The Morgan fingerprint density at radius 2 is 1.83 bits per heavy atom. The summed E-state index contributed by atoms with van der Waals surface area (Å²) in [6.07, 6.45) is 1.41. The molecular formula is C17H12FIN2O2S. The Balaban J connectivity index is 1.72. The number of imide groups is 1. The normalized spacial score (nSPS) is 16.1. The van der Waals surface area contributed by atoms with E-state index in [1.54, 1.807) is 18.2 Å². The van der Waals surface area contributed by atoms with Crippen molar-refractivity contribution in [3.8, 4) is 0 Å². The van der Waals surface area contributed by atoms with Gasteiger partial charge in [-0.25, -0.2) is 4.39 Å². The fraction of sp³-hybridized carbons (Fsp3) is 0.0588. The highest BCUT2D eigenvalue weighted by Crippen LogP contribution is 2.32. The highest BCUT2D eigenvalue weighted by Gasteiger charge is 2.34. The van der Waals surface area contributed by atoms with E-state index in [2.05, 4.69) is 27.9 Å². The summed E-state index contributed by atoms with van der Waals surface area (Å²) in [7, 11) is 0. The maximum atomic E-state index is 13.7. The summed E-state index contributed by atoms with van der Waals surface area (Å²) in [6.45, 7) is 0.0693. The molecule has 3 rings (SSSR count). The Bertz CT molecular complexity index is 824. The Morgan fingerprint density at radius 3 is 2.54 bits per heavy atom. The molecule has 122 valence electrons. The molecule has 2 amide bonds. The van der Waals surface area contributed by atoms with Gasteiger partial charge in [0.2, 0.25) is 0 Å². The van der Waals surface area contributed by atoms with Crippen molar-refractivity contribution in [2.75, 3.05) is 12.0 Å². The van der Waals surface area contributed by atoms with Crippen molar-refractivity contribution in [1.82, 2.24) is 4.90 Å². The summed E-state index contributed by atoms with van der Waals surface area (Å²) in [5.74, 6) is -0.854. The molecule has 7 heteroatoms. The number of nitrogens with zero attached hydrogens (tertiary/aromatic N) is 1. The number of thioether (sulfide) groups is 1. The van der Waals surface area contributed by atoms with Gasteiger partial charge in [-0.05, 0) is 70.8 Å². The minimum atomic E-state index is -0.429. The predicted octanol–water partition coefficient (Wildman–Crippen LogP) is 4.54. The molecule has 1 saturated heterocycles. The minimum absolute atomic E-state index is 0.0693. The van der Waals surface area contributed by atoms with Crippen molar-refractivity contribution in [2.24, 2.45) is 0 Å². The molecule has 0 atom stereocenters. The number of hydrogen-bond donors (Lipinski definition) is 1. The van der Waals surface area contributed by atoms with Gasteiger partial charge in [0.15, 0.2) is 0 Å². The lowest BCUT2D eigenvalue weighted by molar-refractivity contribution is -0.122. The van der Waals surface area contributed by atoms with E-state index >= 15 is 0 Å². The molecule has 0 saturated carbocycles. The molecule has 0 spiro atoms. The summed E-state index contributed by atoms with van der Waals surface area (Å²) in [6, 6.07) is 13.7. The van der Waals surface area contributed by atoms with Gasteiger partial charge in [-0.1, -0.05) is 18.2 Å². The second-order valence-electron chi connectivity index (χ2n) is 4.97. The fourth-order valence-corrected chi connectivity index (χ4v) is 3.30. The van der Waals surface area contributed by atoms with Crippen molar-refractivity contribution in [3.63, 3.8) is 0 Å². The lowest BCUT2D eigenvalue weighted by Gasteiger charge is -2.14. The van der Waals surface area contributed by atoms with Gasteiger partial charge in [-0.15, -0.1) is 0 Å². The van der Waals surface area contributed by atoms with E-state index < -0.39 is 11.7 Å². The van der Waals surface area contributed by atoms with Crippen LogP contribution in [0.3, 0.4) is 0 Å². The van der Waals surface area contributed by atoms with Crippen LogP contribution < -0.4 is 5.32 Å². The van der Waals surface area contributed by atoms with Crippen LogP contribution in [0.4, 0.5) is 14.9 Å². The third-order valence-electron chi connectivity index (χ3n) is 3.35. The molecule has 0 aliphatic carbocycles. The monoisotopic (exact) mass is 454 g/mol. The predicted molar refractivity (Wildman–Crippen MR) is 102 cm³/mol. The van der Waals surface area contributed by atoms with Crippen molar-refractivity contribution in [2.45, 2.75) is 0 Å². The Hall–Kier alpha value is -1.87. The van der Waals surface area contributed by atoms with Gasteiger partial charge in [0.05, 0.1) is 11.6 Å². The zero-order valence-corrected chi connectivity index (χ0v) is 15.3. The minimum Gasteiger partial charge on any atom is -0.367 e. The quantitative estimate of drug-likeness (QED) is 0.545. The number of halogens is 2. The third kappa shape index (κ3) is 3.78. The summed E-state index contributed by atoms with van der Waals surface area (Å²) in [5, 5.41) is 2.66. The molecule has 2 aromatic carbocycles. The number of hydrogen-bond acceptors (Lipinski definition) is 4. The number of anilines is 1. The summed E-state index contributed by atoms with van der Waals surface area (Å²) >= 11 is 3.01. The zero-order chi connectivity index (χ0) is 17.1. The van der Waals surface area contributed by atoms with E-state index in [4.69, 9.17) is 0 Å². The van der Waals surface area contributed by atoms with Gasteiger partial charge in [-0.2, -0.15) is 0 Å². The van der Waals surface area contributed by atoms with E-state index in [0.29, 0.717) is 0 Å². The second-order valence-corrected chi connectivity index (χ2v) is 7.21. The van der Waals surface area contributed by atoms with Crippen LogP contribution in [0.2, 0.25) is 0 Å². The topological polar surface area (TPSA) is 49.4 Å². The molecule has 1 N–H and O–H groups in total. The highest BCUT2D eigenvalue weighted by molar-refractivity contribution is 14.1. The maximum absolute atomic E-state index is 13.7. The van der Waals surface area contributed by atoms with Crippen LogP contribution in [-0.4, -0.2) is 22.7 Å². The van der Waals surface area contributed by atoms with Crippen LogP contribution >= 0.6 is 34.4 Å². The van der Waals surface area contributed by atoms with Gasteiger partial charge in [0, 0.05) is 14.8 Å². The number of rotatable bonds is 4.